The summed E-state index contributed by atoms with van der Waals surface area (Å²) in [5, 5.41) is 2.89. The van der Waals surface area contributed by atoms with Crippen LogP contribution in [0.1, 0.15) is 31.0 Å². The summed E-state index contributed by atoms with van der Waals surface area (Å²) < 4.78 is 4.98. The summed E-state index contributed by atoms with van der Waals surface area (Å²) in [6, 6.07) is 7.64. The molecule has 19 heavy (non-hydrogen) atoms. The van der Waals surface area contributed by atoms with Crippen molar-refractivity contribution in [3.63, 3.8) is 0 Å². The van der Waals surface area contributed by atoms with Gasteiger partial charge in [0.05, 0.1) is 12.6 Å². The molecular weight excluding hydrogens is 240 g/mol. The third-order valence-electron chi connectivity index (χ3n) is 2.80. The zero-order valence-corrected chi connectivity index (χ0v) is 11.6. The molecule has 0 aliphatic rings. The van der Waals surface area contributed by atoms with Crippen molar-refractivity contribution in [1.29, 1.82) is 0 Å². The van der Waals surface area contributed by atoms with E-state index in [4.69, 9.17) is 10.5 Å². The Morgan fingerprint density at radius 3 is 2.84 bits per heavy atom. The van der Waals surface area contributed by atoms with Crippen LogP contribution in [0, 0.1) is 11.8 Å². The molecule has 0 aliphatic carbocycles. The molecule has 2 unspecified atom stereocenters. The molecule has 1 rings (SSSR count). The number of hydrogen-bond acceptors (Lipinski definition) is 3. The molecule has 0 saturated heterocycles. The molecule has 0 spiro atoms. The number of methoxy groups -OCH3 is 1. The molecule has 0 heterocycles. The first kappa shape index (κ1) is 15.2. The fourth-order valence-electron chi connectivity index (χ4n) is 1.56. The molecule has 1 aromatic carbocycles. The normalized spacial score (nSPS) is 13.1. The van der Waals surface area contributed by atoms with Gasteiger partial charge in [0.2, 0.25) is 5.91 Å². The Balaban J connectivity index is 2.77. The maximum absolute atomic E-state index is 11.7. The highest BCUT2D eigenvalue weighted by Gasteiger charge is 2.15. The van der Waals surface area contributed by atoms with E-state index in [9.17, 15) is 4.79 Å². The molecule has 102 valence electrons. The van der Waals surface area contributed by atoms with Gasteiger partial charge in [-0.2, -0.15) is 0 Å². The molecule has 3 N–H and O–H groups in total. The van der Waals surface area contributed by atoms with Gasteiger partial charge in [-0.05, 0) is 31.5 Å². The molecule has 1 amide bonds. The highest BCUT2D eigenvalue weighted by atomic mass is 16.5. The van der Waals surface area contributed by atoms with E-state index in [1.54, 1.807) is 6.92 Å². The van der Waals surface area contributed by atoms with Gasteiger partial charge in [0.15, 0.2) is 0 Å². The van der Waals surface area contributed by atoms with Crippen LogP contribution < -0.4 is 11.1 Å². The molecule has 0 radical (unpaired) electrons. The minimum Gasteiger partial charge on any atom is -0.372 e. The van der Waals surface area contributed by atoms with Gasteiger partial charge in [0.1, 0.15) is 6.10 Å². The number of nitrogens with two attached hydrogens (primary N) is 1. The fourth-order valence-corrected chi connectivity index (χ4v) is 1.56. The molecule has 4 heteroatoms. The fraction of sp³-hybridized carbons (Fsp3) is 0.400. The van der Waals surface area contributed by atoms with Gasteiger partial charge in [0.25, 0.3) is 0 Å². The van der Waals surface area contributed by atoms with Crippen LogP contribution in [0.2, 0.25) is 0 Å². The van der Waals surface area contributed by atoms with E-state index in [-0.39, 0.29) is 11.9 Å². The minimum absolute atomic E-state index is 0.0928. The number of hydrogen-bond donors (Lipinski definition) is 2. The van der Waals surface area contributed by atoms with Gasteiger partial charge in [-0.3, -0.25) is 4.79 Å². The van der Waals surface area contributed by atoms with Crippen molar-refractivity contribution in [3.05, 3.63) is 35.4 Å². The predicted octanol–water partition coefficient (Wildman–Crippen LogP) is 1.21. The van der Waals surface area contributed by atoms with Crippen LogP contribution in [-0.2, 0) is 9.53 Å². The second kappa shape index (κ2) is 7.57. The lowest BCUT2D eigenvalue weighted by Gasteiger charge is -2.17. The molecule has 0 aliphatic heterocycles. The topological polar surface area (TPSA) is 64.3 Å². The SMILES string of the molecule is COC(C)C(=O)NC(C)c1cccc(C#CCN)c1. The van der Waals surface area contributed by atoms with Crippen LogP contribution >= 0.6 is 0 Å². The Hall–Kier alpha value is -1.83. The summed E-state index contributed by atoms with van der Waals surface area (Å²) in [6.07, 6.45) is -0.456. The van der Waals surface area contributed by atoms with Crippen molar-refractivity contribution in [2.75, 3.05) is 13.7 Å². The van der Waals surface area contributed by atoms with Crippen molar-refractivity contribution >= 4 is 5.91 Å². The summed E-state index contributed by atoms with van der Waals surface area (Å²) in [5.74, 6) is 5.65. The van der Waals surface area contributed by atoms with Gasteiger partial charge < -0.3 is 15.8 Å². The van der Waals surface area contributed by atoms with Gasteiger partial charge in [-0.15, -0.1) is 0 Å². The van der Waals surface area contributed by atoms with Crippen LogP contribution in [0.15, 0.2) is 24.3 Å². The Bertz CT molecular complexity index is 488. The maximum Gasteiger partial charge on any atom is 0.249 e. The number of ether oxygens (including phenoxy) is 1. The van der Waals surface area contributed by atoms with E-state index in [2.05, 4.69) is 17.2 Å². The summed E-state index contributed by atoms with van der Waals surface area (Å²) in [5.41, 5.74) is 7.24. The minimum atomic E-state index is -0.456. The zero-order chi connectivity index (χ0) is 14.3. The van der Waals surface area contributed by atoms with Crippen LogP contribution in [-0.4, -0.2) is 25.7 Å². The molecule has 4 nitrogen and oxygen atoms in total. The summed E-state index contributed by atoms with van der Waals surface area (Å²) in [4.78, 5) is 11.7. The third kappa shape index (κ3) is 4.74. The van der Waals surface area contributed by atoms with Crippen LogP contribution in [0.3, 0.4) is 0 Å². The van der Waals surface area contributed by atoms with Crippen LogP contribution in [0.4, 0.5) is 0 Å². The number of benzene rings is 1. The first-order valence-electron chi connectivity index (χ1n) is 6.20. The quantitative estimate of drug-likeness (QED) is 0.800. The summed E-state index contributed by atoms with van der Waals surface area (Å²) in [7, 11) is 1.51. The zero-order valence-electron chi connectivity index (χ0n) is 11.6. The average Bonchev–Trinajstić information content (AvgIpc) is 2.44. The smallest absolute Gasteiger partial charge is 0.249 e. The molecular formula is C15H20N2O2. The lowest BCUT2D eigenvalue weighted by molar-refractivity contribution is -0.130. The second-order valence-corrected chi connectivity index (χ2v) is 4.24. The molecule has 0 aromatic heterocycles. The Morgan fingerprint density at radius 1 is 1.47 bits per heavy atom. The molecule has 2 atom stereocenters. The lowest BCUT2D eigenvalue weighted by Crippen LogP contribution is -2.35. The monoisotopic (exact) mass is 260 g/mol. The standard InChI is InChI=1S/C15H20N2O2/c1-11(17-15(18)12(2)19-3)14-8-4-6-13(10-14)7-5-9-16/h4,6,8,10-12H,9,16H2,1-3H3,(H,17,18). The Labute approximate surface area is 114 Å². The highest BCUT2D eigenvalue weighted by Crippen LogP contribution is 2.14. The van der Waals surface area contributed by atoms with E-state index >= 15 is 0 Å². The van der Waals surface area contributed by atoms with Crippen molar-refractivity contribution in [2.24, 2.45) is 5.73 Å². The highest BCUT2D eigenvalue weighted by molar-refractivity contribution is 5.80. The lowest BCUT2D eigenvalue weighted by atomic mass is 10.1. The average molecular weight is 260 g/mol. The van der Waals surface area contributed by atoms with Crippen LogP contribution in [0.25, 0.3) is 0 Å². The van der Waals surface area contributed by atoms with Gasteiger partial charge >= 0.3 is 0 Å². The molecule has 0 saturated carbocycles. The van der Waals surface area contributed by atoms with Crippen molar-refractivity contribution < 1.29 is 9.53 Å². The van der Waals surface area contributed by atoms with E-state index in [1.165, 1.54) is 7.11 Å². The number of amides is 1. The molecule has 0 fully saturated rings. The summed E-state index contributed by atoms with van der Waals surface area (Å²) >= 11 is 0. The Morgan fingerprint density at radius 2 is 2.21 bits per heavy atom. The van der Waals surface area contributed by atoms with Crippen LogP contribution in [0.5, 0.6) is 0 Å². The van der Waals surface area contributed by atoms with E-state index in [0.717, 1.165) is 11.1 Å². The second-order valence-electron chi connectivity index (χ2n) is 4.24. The van der Waals surface area contributed by atoms with E-state index in [0.29, 0.717) is 6.54 Å². The van der Waals surface area contributed by atoms with Crippen molar-refractivity contribution in [3.8, 4) is 11.8 Å². The number of carbonyl (C=O) groups excluding carboxylic acids is 1. The molecule has 0 bridgehead atoms. The van der Waals surface area contributed by atoms with E-state index in [1.807, 2.05) is 31.2 Å². The number of nitrogens with one attached hydrogen (secondary N) is 1. The third-order valence-corrected chi connectivity index (χ3v) is 2.80. The molecule has 1 aromatic rings. The van der Waals surface area contributed by atoms with Gasteiger partial charge in [-0.25, -0.2) is 0 Å². The van der Waals surface area contributed by atoms with Crippen molar-refractivity contribution in [1.82, 2.24) is 5.32 Å². The van der Waals surface area contributed by atoms with E-state index < -0.39 is 6.10 Å². The number of carbonyl (C=O) groups is 1. The Kier molecular flexibility index (Phi) is 6.07. The maximum atomic E-state index is 11.7. The first-order chi connectivity index (χ1) is 9.08. The van der Waals surface area contributed by atoms with Gasteiger partial charge in [-0.1, -0.05) is 24.0 Å². The largest absolute Gasteiger partial charge is 0.372 e. The van der Waals surface area contributed by atoms with Crippen molar-refractivity contribution in [2.45, 2.75) is 26.0 Å². The van der Waals surface area contributed by atoms with Gasteiger partial charge in [0, 0.05) is 12.7 Å². The first-order valence-corrected chi connectivity index (χ1v) is 6.20. The summed E-state index contributed by atoms with van der Waals surface area (Å²) in [6.45, 7) is 3.98. The number of rotatable bonds is 4. The predicted molar refractivity (Wildman–Crippen MR) is 75.4 cm³/mol.